The van der Waals surface area contributed by atoms with Crippen molar-refractivity contribution in [2.75, 3.05) is 19.6 Å². The van der Waals surface area contributed by atoms with Crippen molar-refractivity contribution in [1.82, 2.24) is 10.2 Å². The Morgan fingerprint density at radius 2 is 2.29 bits per heavy atom. The number of carboxylic acids is 1. The molecule has 7 heteroatoms. The van der Waals surface area contributed by atoms with Gasteiger partial charge >= 0.3 is 12.0 Å². The van der Waals surface area contributed by atoms with Crippen LogP contribution in [0.5, 0.6) is 0 Å². The van der Waals surface area contributed by atoms with Crippen molar-refractivity contribution >= 4 is 39.3 Å². The lowest BCUT2D eigenvalue weighted by Crippen LogP contribution is -2.39. The van der Waals surface area contributed by atoms with Crippen LogP contribution in [0.1, 0.15) is 24.1 Å². The third kappa shape index (κ3) is 5.32. The number of thiophene rings is 1. The van der Waals surface area contributed by atoms with Gasteiger partial charge in [-0.3, -0.25) is 4.79 Å². The molecule has 1 unspecified atom stereocenters. The second-order valence-electron chi connectivity index (χ2n) is 5.22. The van der Waals surface area contributed by atoms with Gasteiger partial charge in [0, 0.05) is 30.9 Å². The van der Waals surface area contributed by atoms with Gasteiger partial charge in [-0.05, 0) is 53.2 Å². The molecule has 0 bridgehead atoms. The van der Waals surface area contributed by atoms with Crippen LogP contribution in [-0.4, -0.2) is 41.6 Å². The summed E-state index contributed by atoms with van der Waals surface area (Å²) < 4.78 is 1.10. The number of likely N-dealkylation sites (tertiary alicyclic amines) is 1. The van der Waals surface area contributed by atoms with Gasteiger partial charge in [0.2, 0.25) is 0 Å². The Bertz CT molecular complexity index is 506. The maximum Gasteiger partial charge on any atom is 0.317 e. The number of carboxylic acid groups (broad SMARTS) is 1. The van der Waals surface area contributed by atoms with E-state index in [9.17, 15) is 9.59 Å². The van der Waals surface area contributed by atoms with E-state index in [2.05, 4.69) is 27.3 Å². The number of urea groups is 1. The molecule has 1 aromatic rings. The van der Waals surface area contributed by atoms with E-state index in [-0.39, 0.29) is 12.5 Å². The number of hydrogen-bond acceptors (Lipinski definition) is 3. The number of rotatable bonds is 6. The Labute approximate surface area is 136 Å². The van der Waals surface area contributed by atoms with E-state index < -0.39 is 5.97 Å². The molecule has 2 rings (SSSR count). The van der Waals surface area contributed by atoms with Crippen molar-refractivity contribution < 1.29 is 14.7 Å². The molecule has 5 nitrogen and oxygen atoms in total. The zero-order valence-corrected chi connectivity index (χ0v) is 14.1. The summed E-state index contributed by atoms with van der Waals surface area (Å²) in [6.07, 6.45) is 2.58. The van der Waals surface area contributed by atoms with Crippen molar-refractivity contribution in [3.05, 3.63) is 20.8 Å². The van der Waals surface area contributed by atoms with Crippen molar-refractivity contribution in [3.63, 3.8) is 0 Å². The Hall–Kier alpha value is -1.08. The Morgan fingerprint density at radius 3 is 2.95 bits per heavy atom. The molecule has 1 aliphatic rings. The molecule has 2 N–H and O–H groups in total. The normalized spacial score (nSPS) is 18.0. The van der Waals surface area contributed by atoms with Crippen LogP contribution in [-0.2, 0) is 11.2 Å². The molecule has 1 fully saturated rings. The summed E-state index contributed by atoms with van der Waals surface area (Å²) in [5, 5.41) is 11.6. The van der Waals surface area contributed by atoms with E-state index in [1.807, 2.05) is 6.07 Å². The average Bonchev–Trinajstić information content (AvgIpc) is 3.05. The highest BCUT2D eigenvalue weighted by Gasteiger charge is 2.26. The summed E-state index contributed by atoms with van der Waals surface area (Å²) in [5.74, 6) is -0.444. The third-order valence-corrected chi connectivity index (χ3v) is 5.30. The molecule has 1 saturated heterocycles. The molecule has 2 amide bonds. The zero-order valence-electron chi connectivity index (χ0n) is 11.7. The lowest BCUT2D eigenvalue weighted by atomic mass is 10.0. The maximum absolute atomic E-state index is 12.0. The Balaban J connectivity index is 1.66. The molecular weight excluding hydrogens is 356 g/mol. The predicted octanol–water partition coefficient (Wildman–Crippen LogP) is 2.95. The number of aliphatic carboxylic acids is 1. The van der Waals surface area contributed by atoms with Gasteiger partial charge in [0.25, 0.3) is 0 Å². The lowest BCUT2D eigenvalue weighted by molar-refractivity contribution is -0.137. The topological polar surface area (TPSA) is 69.6 Å². The molecule has 1 aromatic heterocycles. The number of amides is 2. The van der Waals surface area contributed by atoms with Gasteiger partial charge in [0.15, 0.2) is 0 Å². The van der Waals surface area contributed by atoms with Gasteiger partial charge in [0.1, 0.15) is 0 Å². The number of nitrogens with zero attached hydrogens (tertiary/aromatic N) is 1. The van der Waals surface area contributed by atoms with Crippen LogP contribution < -0.4 is 5.32 Å². The summed E-state index contributed by atoms with van der Waals surface area (Å²) in [4.78, 5) is 25.6. The Morgan fingerprint density at radius 1 is 1.48 bits per heavy atom. The second kappa shape index (κ2) is 7.79. The summed E-state index contributed by atoms with van der Waals surface area (Å²) >= 11 is 5.10. The molecule has 0 aromatic carbocycles. The molecular formula is C14H19BrN2O3S. The standard InChI is InChI=1S/C14H19BrN2O3S/c15-12-3-2-11(21-12)5-7-16-14(20)17-8-6-10(9-17)1-4-13(18)19/h2-3,10H,1,4-9H2,(H,16,20)(H,18,19). The fourth-order valence-electron chi connectivity index (χ4n) is 2.47. The zero-order chi connectivity index (χ0) is 15.2. The lowest BCUT2D eigenvalue weighted by Gasteiger charge is -2.17. The minimum Gasteiger partial charge on any atom is -0.481 e. The van der Waals surface area contributed by atoms with Crippen LogP contribution in [0, 0.1) is 5.92 Å². The number of carbonyl (C=O) groups is 2. The van der Waals surface area contributed by atoms with E-state index >= 15 is 0 Å². The van der Waals surface area contributed by atoms with Crippen molar-refractivity contribution in [1.29, 1.82) is 0 Å². The first-order valence-corrected chi connectivity index (χ1v) is 8.64. The van der Waals surface area contributed by atoms with Gasteiger partial charge in [-0.1, -0.05) is 0 Å². The first-order valence-electron chi connectivity index (χ1n) is 7.03. The van der Waals surface area contributed by atoms with Crippen molar-refractivity contribution in [2.45, 2.75) is 25.7 Å². The highest BCUT2D eigenvalue weighted by Crippen LogP contribution is 2.22. The highest BCUT2D eigenvalue weighted by molar-refractivity contribution is 9.11. The molecule has 0 saturated carbocycles. The first-order chi connectivity index (χ1) is 10.0. The van der Waals surface area contributed by atoms with Crippen LogP contribution in [0.3, 0.4) is 0 Å². The number of nitrogens with one attached hydrogen (secondary N) is 1. The SMILES string of the molecule is O=C(O)CCC1CCN(C(=O)NCCc2ccc(Br)s2)C1. The molecule has 21 heavy (non-hydrogen) atoms. The molecule has 0 aliphatic carbocycles. The van der Waals surface area contributed by atoms with E-state index in [4.69, 9.17) is 5.11 Å². The van der Waals surface area contributed by atoms with E-state index in [0.717, 1.165) is 23.2 Å². The summed E-state index contributed by atoms with van der Waals surface area (Å²) in [6.45, 7) is 2.02. The van der Waals surface area contributed by atoms with Gasteiger partial charge < -0.3 is 15.3 Å². The number of carbonyl (C=O) groups excluding carboxylic acids is 1. The van der Waals surface area contributed by atoms with Crippen LogP contribution >= 0.6 is 27.3 Å². The molecule has 1 atom stereocenters. The predicted molar refractivity (Wildman–Crippen MR) is 85.7 cm³/mol. The molecule has 1 aliphatic heterocycles. The number of halogens is 1. The van der Waals surface area contributed by atoms with Gasteiger partial charge in [-0.25, -0.2) is 4.79 Å². The Kier molecular flexibility index (Phi) is 6.05. The van der Waals surface area contributed by atoms with E-state index in [0.29, 0.717) is 25.4 Å². The average molecular weight is 375 g/mol. The maximum atomic E-state index is 12.0. The largest absolute Gasteiger partial charge is 0.481 e. The van der Waals surface area contributed by atoms with Crippen molar-refractivity contribution in [2.24, 2.45) is 5.92 Å². The summed E-state index contributed by atoms with van der Waals surface area (Å²) in [5.41, 5.74) is 0. The fraction of sp³-hybridized carbons (Fsp3) is 0.571. The van der Waals surface area contributed by atoms with E-state index in [1.54, 1.807) is 16.2 Å². The van der Waals surface area contributed by atoms with Crippen LogP contribution in [0.15, 0.2) is 15.9 Å². The number of hydrogen-bond donors (Lipinski definition) is 2. The van der Waals surface area contributed by atoms with E-state index in [1.165, 1.54) is 4.88 Å². The van der Waals surface area contributed by atoms with Gasteiger partial charge in [-0.15, -0.1) is 11.3 Å². The minimum absolute atomic E-state index is 0.0385. The third-order valence-electron chi connectivity index (χ3n) is 3.62. The van der Waals surface area contributed by atoms with Gasteiger partial charge in [0.05, 0.1) is 3.79 Å². The molecule has 0 radical (unpaired) electrons. The van der Waals surface area contributed by atoms with Crippen LogP contribution in [0.25, 0.3) is 0 Å². The van der Waals surface area contributed by atoms with Crippen molar-refractivity contribution in [3.8, 4) is 0 Å². The highest BCUT2D eigenvalue weighted by atomic mass is 79.9. The van der Waals surface area contributed by atoms with Crippen LogP contribution in [0.2, 0.25) is 0 Å². The smallest absolute Gasteiger partial charge is 0.317 e. The summed E-state index contributed by atoms with van der Waals surface area (Å²) in [6, 6.07) is 4.03. The second-order valence-corrected chi connectivity index (χ2v) is 7.77. The van der Waals surface area contributed by atoms with Gasteiger partial charge in [-0.2, -0.15) is 0 Å². The first kappa shape index (κ1) is 16.3. The fourth-order valence-corrected chi connectivity index (χ4v) is 3.95. The molecule has 2 heterocycles. The summed E-state index contributed by atoms with van der Waals surface area (Å²) in [7, 11) is 0. The molecule has 0 spiro atoms. The monoisotopic (exact) mass is 374 g/mol. The quantitative estimate of drug-likeness (QED) is 0.803. The van der Waals surface area contributed by atoms with Crippen LogP contribution in [0.4, 0.5) is 4.79 Å². The molecule has 116 valence electrons. The minimum atomic E-state index is -0.764.